The summed E-state index contributed by atoms with van der Waals surface area (Å²) in [7, 11) is 0. The molecule has 18 heavy (non-hydrogen) atoms. The molecule has 0 nitrogen and oxygen atoms in total. The van der Waals surface area contributed by atoms with E-state index in [-0.39, 0.29) is 0 Å². The zero-order valence-corrected chi connectivity index (χ0v) is 12.0. The van der Waals surface area contributed by atoms with Gasteiger partial charge in [-0.15, -0.1) is 0 Å². The lowest BCUT2D eigenvalue weighted by atomic mass is 9.64. The van der Waals surface area contributed by atoms with Crippen LogP contribution in [0.15, 0.2) is 48.6 Å². The van der Waals surface area contributed by atoms with Gasteiger partial charge in [0.1, 0.15) is 0 Å². The largest absolute Gasteiger partial charge is 0.0769 e. The van der Waals surface area contributed by atoms with Crippen molar-refractivity contribution in [3.8, 4) is 0 Å². The Bertz CT molecular complexity index is 438. The Morgan fingerprint density at radius 2 is 1.56 bits per heavy atom. The zero-order chi connectivity index (χ0) is 13.2. The monoisotopic (exact) mass is 240 g/mol. The van der Waals surface area contributed by atoms with E-state index >= 15 is 0 Å². The summed E-state index contributed by atoms with van der Waals surface area (Å²) in [5.41, 5.74) is 3.03. The molecule has 0 spiro atoms. The third kappa shape index (κ3) is 2.29. The fourth-order valence-electron chi connectivity index (χ4n) is 3.04. The highest BCUT2D eigenvalue weighted by Gasteiger charge is 2.34. The first kappa shape index (κ1) is 13.1. The quantitative estimate of drug-likeness (QED) is 0.670. The van der Waals surface area contributed by atoms with Gasteiger partial charge in [0.05, 0.1) is 0 Å². The van der Waals surface area contributed by atoms with E-state index in [4.69, 9.17) is 0 Å². The summed E-state index contributed by atoms with van der Waals surface area (Å²) in [5, 5.41) is 0. The zero-order valence-electron chi connectivity index (χ0n) is 12.0. The number of hydrogen-bond donors (Lipinski definition) is 0. The van der Waals surface area contributed by atoms with E-state index in [0.29, 0.717) is 17.3 Å². The van der Waals surface area contributed by atoms with E-state index in [0.717, 1.165) is 6.42 Å². The Morgan fingerprint density at radius 1 is 0.944 bits per heavy atom. The minimum absolute atomic E-state index is 0.332. The van der Waals surface area contributed by atoms with Crippen molar-refractivity contribution in [2.75, 3.05) is 0 Å². The number of rotatable bonds is 3. The van der Waals surface area contributed by atoms with E-state index in [1.165, 1.54) is 11.1 Å². The first-order chi connectivity index (χ1) is 8.56. The van der Waals surface area contributed by atoms with Crippen LogP contribution in [0.25, 0.3) is 5.57 Å². The van der Waals surface area contributed by atoms with Gasteiger partial charge >= 0.3 is 0 Å². The first-order valence-electron chi connectivity index (χ1n) is 7.01. The summed E-state index contributed by atoms with van der Waals surface area (Å²) >= 11 is 0. The highest BCUT2D eigenvalue weighted by atomic mass is 14.4. The van der Waals surface area contributed by atoms with Crippen molar-refractivity contribution in [1.29, 1.82) is 0 Å². The van der Waals surface area contributed by atoms with Crippen LogP contribution >= 0.6 is 0 Å². The molecule has 0 saturated carbocycles. The minimum atomic E-state index is 0.332. The lowest BCUT2D eigenvalue weighted by Gasteiger charge is -2.40. The van der Waals surface area contributed by atoms with Crippen molar-refractivity contribution in [2.45, 2.75) is 34.1 Å². The molecule has 0 atom stereocenters. The molecule has 1 aliphatic rings. The van der Waals surface area contributed by atoms with Gasteiger partial charge in [-0.25, -0.2) is 0 Å². The van der Waals surface area contributed by atoms with Gasteiger partial charge in [-0.05, 0) is 34.8 Å². The first-order valence-corrected chi connectivity index (χ1v) is 7.01. The summed E-state index contributed by atoms with van der Waals surface area (Å²) in [5.74, 6) is 1.37. The third-order valence-corrected chi connectivity index (χ3v) is 4.51. The van der Waals surface area contributed by atoms with Gasteiger partial charge in [0.25, 0.3) is 0 Å². The normalized spacial score (nSPS) is 18.2. The van der Waals surface area contributed by atoms with Crippen LogP contribution in [0.5, 0.6) is 0 Å². The Labute approximate surface area is 111 Å². The molecule has 0 unspecified atom stereocenters. The van der Waals surface area contributed by atoms with E-state index in [2.05, 4.69) is 76.3 Å². The van der Waals surface area contributed by atoms with Crippen LogP contribution in [0.1, 0.15) is 39.7 Å². The second-order valence-corrected chi connectivity index (χ2v) is 5.98. The average molecular weight is 240 g/mol. The van der Waals surface area contributed by atoms with Crippen molar-refractivity contribution in [1.82, 2.24) is 0 Å². The number of benzene rings is 1. The lowest BCUT2D eigenvalue weighted by Crippen LogP contribution is -2.31. The third-order valence-electron chi connectivity index (χ3n) is 4.51. The van der Waals surface area contributed by atoms with Crippen LogP contribution in [0.3, 0.4) is 0 Å². The molecule has 0 radical (unpaired) electrons. The van der Waals surface area contributed by atoms with Crippen molar-refractivity contribution in [3.05, 3.63) is 54.1 Å². The Kier molecular flexibility index (Phi) is 3.75. The van der Waals surface area contributed by atoms with E-state index in [1.54, 1.807) is 0 Å². The molecule has 96 valence electrons. The molecule has 0 N–H and O–H groups in total. The average Bonchev–Trinajstić information content (AvgIpc) is 2.39. The molecule has 0 amide bonds. The molecule has 0 saturated heterocycles. The van der Waals surface area contributed by atoms with Crippen LogP contribution in [-0.2, 0) is 0 Å². The van der Waals surface area contributed by atoms with Crippen LogP contribution in [0.2, 0.25) is 0 Å². The van der Waals surface area contributed by atoms with Crippen molar-refractivity contribution >= 4 is 5.57 Å². The van der Waals surface area contributed by atoms with Gasteiger partial charge in [-0.2, -0.15) is 0 Å². The highest BCUT2D eigenvalue weighted by Crippen LogP contribution is 2.44. The maximum absolute atomic E-state index is 2.45. The van der Waals surface area contributed by atoms with Gasteiger partial charge in [0.2, 0.25) is 0 Å². The summed E-state index contributed by atoms with van der Waals surface area (Å²) in [6.45, 7) is 9.36. The number of hydrogen-bond acceptors (Lipinski definition) is 0. The van der Waals surface area contributed by atoms with Gasteiger partial charge < -0.3 is 0 Å². The molecule has 0 bridgehead atoms. The van der Waals surface area contributed by atoms with E-state index < -0.39 is 0 Å². The second-order valence-electron chi connectivity index (χ2n) is 5.98. The Balaban J connectivity index is 2.26. The van der Waals surface area contributed by atoms with Gasteiger partial charge in [-0.1, -0.05) is 76.3 Å². The molecular formula is C18H24. The van der Waals surface area contributed by atoms with Gasteiger partial charge in [0, 0.05) is 0 Å². The summed E-state index contributed by atoms with van der Waals surface area (Å²) < 4.78 is 0. The molecule has 0 aliphatic heterocycles. The summed E-state index contributed by atoms with van der Waals surface area (Å²) in [6.07, 6.45) is 8.34. The standard InChI is InChI=1S/C18H24/c1-14(2)18(15(3)4)12-10-17(11-13-18)16-8-6-5-7-9-16/h5-12,14-15H,13H2,1-4H3. The predicted octanol–water partition coefficient (Wildman–Crippen LogP) is 5.33. The minimum Gasteiger partial charge on any atom is -0.0769 e. The van der Waals surface area contributed by atoms with Gasteiger partial charge in [0.15, 0.2) is 0 Å². The van der Waals surface area contributed by atoms with Crippen LogP contribution < -0.4 is 0 Å². The molecule has 1 aromatic rings. The maximum atomic E-state index is 2.45. The van der Waals surface area contributed by atoms with E-state index in [9.17, 15) is 0 Å². The van der Waals surface area contributed by atoms with E-state index in [1.807, 2.05) is 0 Å². The molecule has 1 aromatic carbocycles. The Morgan fingerprint density at radius 3 is 2.00 bits per heavy atom. The fraction of sp³-hybridized carbons (Fsp3) is 0.444. The highest BCUT2D eigenvalue weighted by molar-refractivity contribution is 5.75. The molecule has 0 fully saturated rings. The second kappa shape index (κ2) is 5.14. The maximum Gasteiger partial charge on any atom is -0.00342 e. The smallest absolute Gasteiger partial charge is 0.00342 e. The SMILES string of the molecule is CC(C)C1(C(C)C)C=CC(c2ccccc2)=CC1. The molecule has 2 rings (SSSR count). The topological polar surface area (TPSA) is 0 Å². The Hall–Kier alpha value is -1.30. The van der Waals surface area contributed by atoms with Crippen molar-refractivity contribution < 1.29 is 0 Å². The van der Waals surface area contributed by atoms with Gasteiger partial charge in [-0.3, -0.25) is 0 Å². The predicted molar refractivity (Wildman–Crippen MR) is 80.3 cm³/mol. The van der Waals surface area contributed by atoms with Crippen LogP contribution in [0, 0.1) is 17.3 Å². The molecule has 0 heterocycles. The molecular weight excluding hydrogens is 216 g/mol. The summed E-state index contributed by atoms with van der Waals surface area (Å²) in [6, 6.07) is 10.7. The number of allylic oxidation sites excluding steroid dienone is 4. The van der Waals surface area contributed by atoms with Crippen molar-refractivity contribution in [3.63, 3.8) is 0 Å². The fourth-order valence-corrected chi connectivity index (χ4v) is 3.04. The summed E-state index contributed by atoms with van der Waals surface area (Å²) in [4.78, 5) is 0. The van der Waals surface area contributed by atoms with Crippen LogP contribution in [0.4, 0.5) is 0 Å². The molecule has 0 aromatic heterocycles. The van der Waals surface area contributed by atoms with Crippen molar-refractivity contribution in [2.24, 2.45) is 17.3 Å². The molecule has 1 aliphatic carbocycles. The van der Waals surface area contributed by atoms with Crippen LogP contribution in [-0.4, -0.2) is 0 Å². The molecule has 0 heteroatoms. The lowest BCUT2D eigenvalue weighted by molar-refractivity contribution is 0.181.